The number of ether oxygens (including phenoxy) is 1. The third-order valence-electron chi connectivity index (χ3n) is 3.35. The van der Waals surface area contributed by atoms with E-state index in [1.807, 2.05) is 0 Å². The van der Waals surface area contributed by atoms with Crippen molar-refractivity contribution in [1.82, 2.24) is 5.32 Å². The van der Waals surface area contributed by atoms with Gasteiger partial charge in [0.05, 0.1) is 23.4 Å². The first-order valence-electron chi connectivity index (χ1n) is 6.93. The second-order valence-corrected chi connectivity index (χ2v) is 5.45. The zero-order valence-electron chi connectivity index (χ0n) is 12.7. The lowest BCUT2D eigenvalue weighted by molar-refractivity contribution is -0.120. The van der Waals surface area contributed by atoms with Crippen LogP contribution in [-0.4, -0.2) is 29.7 Å². The van der Waals surface area contributed by atoms with Gasteiger partial charge in [-0.15, -0.1) is 0 Å². The summed E-state index contributed by atoms with van der Waals surface area (Å²) in [5.74, 6) is -1.15. The minimum atomic E-state index is -0.566. The molecular formula is C16H16N2O4S. The summed E-state index contributed by atoms with van der Waals surface area (Å²) in [6, 6.07) is 6.87. The Hall–Kier alpha value is -2.54. The Balaban J connectivity index is 2.24. The third-order valence-corrected chi connectivity index (χ3v) is 3.76. The minimum Gasteiger partial charge on any atom is -0.495 e. The second-order valence-electron chi connectivity index (χ2n) is 5.01. The highest BCUT2D eigenvalue weighted by molar-refractivity contribution is 7.80. The number of carbonyl (C=O) groups excluding carboxylic acids is 3. The number of amides is 2. The van der Waals surface area contributed by atoms with Crippen LogP contribution in [0.25, 0.3) is 0 Å². The van der Waals surface area contributed by atoms with Crippen LogP contribution < -0.4 is 15.4 Å². The van der Waals surface area contributed by atoms with Gasteiger partial charge in [0.1, 0.15) is 5.75 Å². The SMILES string of the molecule is COc1ccccc1NC(=O)/C(=C/[C@@H]1CC(=O)NC1=S)C(C)=O. The fraction of sp³-hybridized carbons (Fsp3) is 0.250. The molecule has 2 N–H and O–H groups in total. The molecule has 2 rings (SSSR count). The molecule has 0 bridgehead atoms. The summed E-state index contributed by atoms with van der Waals surface area (Å²) in [6.07, 6.45) is 1.57. The average Bonchev–Trinajstić information content (AvgIpc) is 2.82. The van der Waals surface area contributed by atoms with Crippen molar-refractivity contribution in [1.29, 1.82) is 0 Å². The molecule has 1 aromatic carbocycles. The number of nitrogens with one attached hydrogen (secondary N) is 2. The Bertz CT molecular complexity index is 712. The van der Waals surface area contributed by atoms with E-state index in [4.69, 9.17) is 17.0 Å². The van der Waals surface area contributed by atoms with Crippen LogP contribution in [-0.2, 0) is 14.4 Å². The molecule has 0 unspecified atom stereocenters. The Labute approximate surface area is 138 Å². The molecule has 120 valence electrons. The van der Waals surface area contributed by atoms with E-state index in [1.165, 1.54) is 20.1 Å². The van der Waals surface area contributed by atoms with Crippen molar-refractivity contribution in [2.75, 3.05) is 12.4 Å². The first-order valence-corrected chi connectivity index (χ1v) is 7.34. The van der Waals surface area contributed by atoms with E-state index >= 15 is 0 Å². The van der Waals surface area contributed by atoms with Crippen LogP contribution in [0.2, 0.25) is 0 Å². The summed E-state index contributed by atoms with van der Waals surface area (Å²) in [5, 5.41) is 5.14. The molecule has 0 saturated carbocycles. The Morgan fingerprint density at radius 2 is 2.09 bits per heavy atom. The molecule has 7 heteroatoms. The van der Waals surface area contributed by atoms with E-state index in [0.717, 1.165) is 0 Å². The quantitative estimate of drug-likeness (QED) is 0.370. The van der Waals surface area contributed by atoms with Crippen LogP contribution >= 0.6 is 12.2 Å². The average molecular weight is 332 g/mol. The molecule has 1 aliphatic rings. The molecule has 1 saturated heterocycles. The standard InChI is InChI=1S/C16H16N2O4S/c1-9(19)11(7-10-8-14(20)18-16(10)23)15(21)17-12-5-3-4-6-13(12)22-2/h3-7,10H,8H2,1-2H3,(H,17,21)(H,18,20,23)/b11-7+/t10-/m1/s1. The van der Waals surface area contributed by atoms with Crippen molar-refractivity contribution in [2.45, 2.75) is 13.3 Å². The van der Waals surface area contributed by atoms with E-state index in [0.29, 0.717) is 16.4 Å². The first-order chi connectivity index (χ1) is 10.9. The smallest absolute Gasteiger partial charge is 0.259 e. The first kappa shape index (κ1) is 16.8. The van der Waals surface area contributed by atoms with Crippen molar-refractivity contribution in [3.8, 4) is 5.75 Å². The molecule has 1 fully saturated rings. The lowest BCUT2D eigenvalue weighted by Gasteiger charge is -2.11. The van der Waals surface area contributed by atoms with Crippen molar-refractivity contribution in [2.24, 2.45) is 5.92 Å². The number of Topliss-reactive ketones (excluding diaryl/α,β-unsaturated/α-hetero) is 1. The number of methoxy groups -OCH3 is 1. The van der Waals surface area contributed by atoms with Crippen molar-refractivity contribution < 1.29 is 19.1 Å². The Morgan fingerprint density at radius 3 is 2.65 bits per heavy atom. The van der Waals surface area contributed by atoms with Crippen molar-refractivity contribution >= 4 is 40.5 Å². The summed E-state index contributed by atoms with van der Waals surface area (Å²) in [6.45, 7) is 1.29. The van der Waals surface area contributed by atoms with Gasteiger partial charge in [-0.2, -0.15) is 0 Å². The van der Waals surface area contributed by atoms with Gasteiger partial charge in [-0.25, -0.2) is 0 Å². The van der Waals surface area contributed by atoms with Gasteiger partial charge in [-0.3, -0.25) is 14.4 Å². The predicted molar refractivity (Wildman–Crippen MR) is 89.2 cm³/mol. The highest BCUT2D eigenvalue weighted by Gasteiger charge is 2.28. The number of ketones is 1. The van der Waals surface area contributed by atoms with Gasteiger partial charge in [0, 0.05) is 12.3 Å². The zero-order valence-corrected chi connectivity index (χ0v) is 13.5. The summed E-state index contributed by atoms with van der Waals surface area (Å²) >= 11 is 5.04. The number of anilines is 1. The van der Waals surface area contributed by atoms with Gasteiger partial charge in [0.15, 0.2) is 5.78 Å². The van der Waals surface area contributed by atoms with Crippen LogP contribution in [0.5, 0.6) is 5.75 Å². The molecule has 2 amide bonds. The van der Waals surface area contributed by atoms with Crippen LogP contribution in [0.3, 0.4) is 0 Å². The Kier molecular flexibility index (Phi) is 5.23. The molecule has 23 heavy (non-hydrogen) atoms. The van der Waals surface area contributed by atoms with E-state index in [2.05, 4.69) is 10.6 Å². The molecule has 0 aromatic heterocycles. The van der Waals surface area contributed by atoms with Gasteiger partial charge >= 0.3 is 0 Å². The zero-order chi connectivity index (χ0) is 17.0. The maximum absolute atomic E-state index is 12.4. The fourth-order valence-electron chi connectivity index (χ4n) is 2.20. The highest BCUT2D eigenvalue weighted by atomic mass is 32.1. The van der Waals surface area contributed by atoms with E-state index in [1.54, 1.807) is 24.3 Å². The number of hydrogen-bond donors (Lipinski definition) is 2. The normalized spacial score (nSPS) is 17.7. The van der Waals surface area contributed by atoms with Crippen LogP contribution in [0, 0.1) is 5.92 Å². The maximum Gasteiger partial charge on any atom is 0.259 e. The van der Waals surface area contributed by atoms with Gasteiger partial charge in [0.25, 0.3) is 5.91 Å². The van der Waals surface area contributed by atoms with Crippen molar-refractivity contribution in [3.63, 3.8) is 0 Å². The summed E-state index contributed by atoms with van der Waals surface area (Å²) in [4.78, 5) is 35.8. The van der Waals surface area contributed by atoms with Gasteiger partial charge in [0.2, 0.25) is 5.91 Å². The van der Waals surface area contributed by atoms with Crippen LogP contribution in [0.15, 0.2) is 35.9 Å². The number of para-hydroxylation sites is 2. The summed E-state index contributed by atoms with van der Waals surface area (Å²) in [7, 11) is 1.49. The third kappa shape index (κ3) is 4.01. The van der Waals surface area contributed by atoms with Gasteiger partial charge in [-0.1, -0.05) is 30.4 Å². The van der Waals surface area contributed by atoms with Crippen LogP contribution in [0.4, 0.5) is 5.69 Å². The number of hydrogen-bond acceptors (Lipinski definition) is 5. The molecular weight excluding hydrogens is 316 g/mol. The Morgan fingerprint density at radius 1 is 1.39 bits per heavy atom. The van der Waals surface area contributed by atoms with E-state index in [9.17, 15) is 14.4 Å². The number of thiocarbonyl (C=S) groups is 1. The second kappa shape index (κ2) is 7.15. The minimum absolute atomic E-state index is 0.0419. The maximum atomic E-state index is 12.4. The monoisotopic (exact) mass is 332 g/mol. The van der Waals surface area contributed by atoms with E-state index < -0.39 is 17.6 Å². The fourth-order valence-corrected chi connectivity index (χ4v) is 2.47. The van der Waals surface area contributed by atoms with Gasteiger partial charge < -0.3 is 15.4 Å². The lowest BCUT2D eigenvalue weighted by Crippen LogP contribution is -2.22. The molecule has 0 spiro atoms. The largest absolute Gasteiger partial charge is 0.495 e. The molecule has 1 atom stereocenters. The summed E-state index contributed by atoms with van der Waals surface area (Å²) in [5.41, 5.74) is 0.412. The summed E-state index contributed by atoms with van der Waals surface area (Å²) < 4.78 is 5.16. The molecule has 1 aromatic rings. The predicted octanol–water partition coefficient (Wildman–Crippen LogP) is 1.61. The topological polar surface area (TPSA) is 84.5 Å². The molecule has 0 radical (unpaired) electrons. The highest BCUT2D eigenvalue weighted by Crippen LogP contribution is 2.24. The van der Waals surface area contributed by atoms with E-state index in [-0.39, 0.29) is 17.9 Å². The van der Waals surface area contributed by atoms with Crippen molar-refractivity contribution in [3.05, 3.63) is 35.9 Å². The molecule has 0 aliphatic carbocycles. The molecule has 1 heterocycles. The number of carbonyl (C=O) groups is 3. The number of benzene rings is 1. The molecule has 1 aliphatic heterocycles. The number of rotatable bonds is 5. The van der Waals surface area contributed by atoms with Gasteiger partial charge in [-0.05, 0) is 19.1 Å². The lowest BCUT2D eigenvalue weighted by atomic mass is 10.0. The molecule has 6 nitrogen and oxygen atoms in total. The van der Waals surface area contributed by atoms with Crippen LogP contribution in [0.1, 0.15) is 13.3 Å².